The van der Waals surface area contributed by atoms with Gasteiger partial charge >= 0.3 is 6.03 Å². The monoisotopic (exact) mass is 443 g/mol. The van der Waals surface area contributed by atoms with E-state index >= 15 is 0 Å². The van der Waals surface area contributed by atoms with Gasteiger partial charge < -0.3 is 21.3 Å². The largest absolute Gasteiger partial charge is 0.384 e. The lowest BCUT2D eigenvalue weighted by Crippen LogP contribution is -2.63. The van der Waals surface area contributed by atoms with Crippen LogP contribution in [0.3, 0.4) is 0 Å². The first kappa shape index (κ1) is 21.9. The summed E-state index contributed by atoms with van der Waals surface area (Å²) in [6.07, 6.45) is -0.883. The minimum Gasteiger partial charge on any atom is -0.384 e. The molecule has 1 saturated heterocycles. The standard InChI is InChI=1S/C19H21ClF3N5O2/c1-18(8-19(22,23)9-18)27-17(30)28-5-4-26-13(7-28)14(16(25)29)15(24)10-2-3-12(21)11(20)6-10/h2-3,6,24,26H,4-5,7-9H2,1H3,(H2,25,29)(H,27,30)/b14-13+,24-15?. The molecule has 7 nitrogen and oxygen atoms in total. The van der Waals surface area contributed by atoms with Gasteiger partial charge in [-0.2, -0.15) is 0 Å². The van der Waals surface area contributed by atoms with Crippen LogP contribution in [-0.2, 0) is 4.79 Å². The van der Waals surface area contributed by atoms with Crippen molar-refractivity contribution < 1.29 is 22.8 Å². The Kier molecular flexibility index (Phi) is 5.72. The highest BCUT2D eigenvalue weighted by Crippen LogP contribution is 2.45. The van der Waals surface area contributed by atoms with Gasteiger partial charge in [-0.1, -0.05) is 11.6 Å². The molecule has 2 aliphatic rings. The zero-order chi connectivity index (χ0) is 22.3. The van der Waals surface area contributed by atoms with Crippen molar-refractivity contribution in [1.82, 2.24) is 15.5 Å². The summed E-state index contributed by atoms with van der Waals surface area (Å²) in [5, 5.41) is 13.7. The minimum absolute atomic E-state index is 0.0755. The number of nitrogens with one attached hydrogen (secondary N) is 3. The van der Waals surface area contributed by atoms with Gasteiger partial charge in [-0.15, -0.1) is 0 Å². The molecule has 2 fully saturated rings. The van der Waals surface area contributed by atoms with Crippen molar-refractivity contribution in [3.63, 3.8) is 0 Å². The number of carbonyl (C=O) groups is 2. The zero-order valence-corrected chi connectivity index (χ0v) is 16.9. The molecule has 1 aromatic carbocycles. The first-order valence-corrected chi connectivity index (χ1v) is 9.55. The van der Waals surface area contributed by atoms with Crippen molar-refractivity contribution in [3.8, 4) is 0 Å². The molecule has 30 heavy (non-hydrogen) atoms. The molecule has 0 atom stereocenters. The number of carbonyl (C=O) groups excluding carboxylic acids is 2. The third-order valence-corrected chi connectivity index (χ3v) is 5.36. The van der Waals surface area contributed by atoms with Crippen LogP contribution in [0.25, 0.3) is 0 Å². The number of piperazine rings is 1. The van der Waals surface area contributed by atoms with Crippen molar-refractivity contribution in [2.75, 3.05) is 19.6 Å². The summed E-state index contributed by atoms with van der Waals surface area (Å²) >= 11 is 5.76. The van der Waals surface area contributed by atoms with Gasteiger partial charge in [0.1, 0.15) is 5.82 Å². The van der Waals surface area contributed by atoms with Crippen molar-refractivity contribution in [2.24, 2.45) is 5.73 Å². The Balaban J connectivity index is 1.80. The third kappa shape index (κ3) is 4.53. The highest BCUT2D eigenvalue weighted by molar-refractivity contribution is 6.32. The van der Waals surface area contributed by atoms with E-state index in [-0.39, 0.29) is 47.2 Å². The molecule has 0 unspecified atom stereocenters. The molecular weight excluding hydrogens is 423 g/mol. The van der Waals surface area contributed by atoms with E-state index in [0.29, 0.717) is 0 Å². The lowest BCUT2D eigenvalue weighted by atomic mass is 9.75. The summed E-state index contributed by atoms with van der Waals surface area (Å²) in [6.45, 7) is 2.01. The second-order valence-corrected chi connectivity index (χ2v) is 8.18. The summed E-state index contributed by atoms with van der Waals surface area (Å²) in [5.41, 5.74) is 4.43. The number of rotatable bonds is 4. The van der Waals surface area contributed by atoms with Crippen molar-refractivity contribution >= 4 is 29.3 Å². The summed E-state index contributed by atoms with van der Waals surface area (Å²) in [5.74, 6) is -4.37. The average Bonchev–Trinajstić information content (AvgIpc) is 2.62. The third-order valence-electron chi connectivity index (χ3n) is 5.07. The molecule has 3 rings (SSSR count). The van der Waals surface area contributed by atoms with Gasteiger partial charge in [0, 0.05) is 37.2 Å². The van der Waals surface area contributed by atoms with Gasteiger partial charge in [-0.3, -0.25) is 10.2 Å². The SMILES string of the molecule is CC1(NC(=O)N2CCN/C(=C(\C(=N)c3ccc(F)c(Cl)c3)C(N)=O)C2)CC(F)(F)C1. The van der Waals surface area contributed by atoms with Crippen LogP contribution in [0.4, 0.5) is 18.0 Å². The van der Waals surface area contributed by atoms with E-state index < -0.39 is 42.1 Å². The Morgan fingerprint density at radius 2 is 2.00 bits per heavy atom. The Hall–Kier alpha value is -2.75. The second kappa shape index (κ2) is 7.82. The predicted molar refractivity (Wildman–Crippen MR) is 105 cm³/mol. The summed E-state index contributed by atoms with van der Waals surface area (Å²) < 4.78 is 39.8. The molecule has 1 heterocycles. The maximum atomic E-state index is 13.4. The Labute approximate surface area is 175 Å². The summed E-state index contributed by atoms with van der Waals surface area (Å²) in [4.78, 5) is 26.0. The van der Waals surface area contributed by atoms with E-state index in [1.54, 1.807) is 6.92 Å². The lowest BCUT2D eigenvalue weighted by Gasteiger charge is -2.46. The molecule has 0 aromatic heterocycles. The second-order valence-electron chi connectivity index (χ2n) is 7.77. The van der Waals surface area contributed by atoms with Crippen molar-refractivity contribution in [2.45, 2.75) is 31.2 Å². The number of primary amides is 1. The molecule has 5 N–H and O–H groups in total. The number of nitrogens with two attached hydrogens (primary N) is 1. The van der Waals surface area contributed by atoms with Crippen LogP contribution in [0.2, 0.25) is 5.02 Å². The smallest absolute Gasteiger partial charge is 0.318 e. The van der Waals surface area contributed by atoms with E-state index in [0.717, 1.165) is 6.07 Å². The van der Waals surface area contributed by atoms with E-state index in [2.05, 4.69) is 10.6 Å². The predicted octanol–water partition coefficient (Wildman–Crippen LogP) is 2.39. The molecule has 0 spiro atoms. The molecule has 3 amide bonds. The fourth-order valence-corrected chi connectivity index (χ4v) is 3.92. The number of hydrogen-bond donors (Lipinski definition) is 4. The Morgan fingerprint density at radius 3 is 2.57 bits per heavy atom. The topological polar surface area (TPSA) is 111 Å². The molecule has 1 aliphatic heterocycles. The van der Waals surface area contributed by atoms with E-state index in [9.17, 15) is 22.8 Å². The lowest BCUT2D eigenvalue weighted by molar-refractivity contribution is -0.124. The highest BCUT2D eigenvalue weighted by atomic mass is 35.5. The molecule has 0 radical (unpaired) electrons. The number of amides is 3. The van der Waals surface area contributed by atoms with Gasteiger partial charge in [0.25, 0.3) is 11.8 Å². The number of urea groups is 1. The number of alkyl halides is 2. The quantitative estimate of drug-likeness (QED) is 0.423. The van der Waals surface area contributed by atoms with Crippen molar-refractivity contribution in [1.29, 1.82) is 5.41 Å². The minimum atomic E-state index is -2.79. The summed E-state index contributed by atoms with van der Waals surface area (Å²) in [6, 6.07) is 3.01. The number of hydrogen-bond acceptors (Lipinski definition) is 4. The first-order chi connectivity index (χ1) is 13.9. The maximum Gasteiger partial charge on any atom is 0.318 e. The van der Waals surface area contributed by atoms with Crippen LogP contribution in [-0.4, -0.2) is 53.6 Å². The molecule has 11 heteroatoms. The molecule has 1 saturated carbocycles. The van der Waals surface area contributed by atoms with Gasteiger partial charge in [0.05, 0.1) is 28.4 Å². The Bertz CT molecular complexity index is 942. The number of nitrogens with zero attached hydrogens (tertiary/aromatic N) is 1. The van der Waals surface area contributed by atoms with Crippen LogP contribution in [0.1, 0.15) is 25.3 Å². The van der Waals surface area contributed by atoms with E-state index in [1.807, 2.05) is 0 Å². The summed E-state index contributed by atoms with van der Waals surface area (Å²) in [7, 11) is 0. The first-order valence-electron chi connectivity index (χ1n) is 9.17. The number of benzene rings is 1. The molecular formula is C19H21ClF3N5O2. The van der Waals surface area contributed by atoms with Crippen LogP contribution >= 0.6 is 11.6 Å². The molecule has 1 aromatic rings. The number of halogens is 4. The van der Waals surface area contributed by atoms with Crippen LogP contribution in [0.5, 0.6) is 0 Å². The molecule has 162 valence electrons. The van der Waals surface area contributed by atoms with E-state index in [4.69, 9.17) is 22.7 Å². The van der Waals surface area contributed by atoms with Crippen LogP contribution < -0.4 is 16.4 Å². The van der Waals surface area contributed by atoms with Gasteiger partial charge in [-0.05, 0) is 25.1 Å². The molecule has 1 aliphatic carbocycles. The van der Waals surface area contributed by atoms with Crippen molar-refractivity contribution in [3.05, 3.63) is 45.9 Å². The fraction of sp³-hybridized carbons (Fsp3) is 0.421. The van der Waals surface area contributed by atoms with E-state index in [1.165, 1.54) is 17.0 Å². The van der Waals surface area contributed by atoms with Gasteiger partial charge in [0.2, 0.25) is 0 Å². The van der Waals surface area contributed by atoms with Gasteiger partial charge in [0.15, 0.2) is 0 Å². The Morgan fingerprint density at radius 1 is 1.33 bits per heavy atom. The zero-order valence-electron chi connectivity index (χ0n) is 16.1. The normalized spacial score (nSPS) is 21.2. The average molecular weight is 444 g/mol. The highest BCUT2D eigenvalue weighted by Gasteiger charge is 2.54. The van der Waals surface area contributed by atoms with Gasteiger partial charge in [-0.25, -0.2) is 18.0 Å². The van der Waals surface area contributed by atoms with Crippen LogP contribution in [0.15, 0.2) is 29.5 Å². The maximum absolute atomic E-state index is 13.4. The fourth-order valence-electron chi connectivity index (χ4n) is 3.74. The van der Waals surface area contributed by atoms with Crippen LogP contribution in [0, 0.1) is 11.2 Å². The molecule has 0 bridgehead atoms.